The van der Waals surface area contributed by atoms with Crippen molar-refractivity contribution in [2.24, 2.45) is 0 Å². The Morgan fingerprint density at radius 3 is 2.43 bits per heavy atom. The molecule has 0 saturated carbocycles. The second-order valence-electron chi connectivity index (χ2n) is 4.26. The molecule has 0 fully saturated rings. The van der Waals surface area contributed by atoms with E-state index in [1.807, 2.05) is 0 Å². The Hall–Kier alpha value is -2.21. The summed E-state index contributed by atoms with van der Waals surface area (Å²) in [6.07, 6.45) is 0. The summed E-state index contributed by atoms with van der Waals surface area (Å²) < 4.78 is 11.1. The first-order valence-corrected chi connectivity index (χ1v) is 6.93. The van der Waals surface area contributed by atoms with Gasteiger partial charge in [-0.25, -0.2) is 0 Å². The molecule has 5 nitrogen and oxygen atoms in total. The molecule has 2 aromatic rings. The lowest BCUT2D eigenvalue weighted by Crippen LogP contribution is -2.12. The molecule has 0 aliphatic rings. The molecule has 2 rings (SSSR count). The first kappa shape index (κ1) is 15.2. The first-order valence-electron chi connectivity index (χ1n) is 6.13. The number of ether oxygens (including phenoxy) is 2. The number of benzene rings is 2. The number of nitrogen functional groups attached to an aromatic ring is 1. The molecule has 0 bridgehead atoms. The van der Waals surface area contributed by atoms with Gasteiger partial charge in [0.15, 0.2) is 0 Å². The van der Waals surface area contributed by atoms with Crippen molar-refractivity contribution in [3.8, 4) is 11.5 Å². The van der Waals surface area contributed by atoms with Crippen LogP contribution in [0.1, 0.15) is 10.4 Å². The molecule has 1 amide bonds. The molecular weight excluding hydrogens is 336 g/mol. The zero-order chi connectivity index (χ0) is 15.4. The van der Waals surface area contributed by atoms with Crippen molar-refractivity contribution in [1.29, 1.82) is 0 Å². The molecule has 2 aromatic carbocycles. The molecule has 0 heterocycles. The Kier molecular flexibility index (Phi) is 4.70. The van der Waals surface area contributed by atoms with Crippen molar-refractivity contribution >= 4 is 33.2 Å². The molecule has 0 saturated heterocycles. The zero-order valence-electron chi connectivity index (χ0n) is 11.6. The van der Waals surface area contributed by atoms with Crippen molar-refractivity contribution in [1.82, 2.24) is 0 Å². The SMILES string of the molecule is COc1ccc(C(=O)Nc2ccc(Br)c(OC)c2)cc1N. The number of anilines is 2. The van der Waals surface area contributed by atoms with Gasteiger partial charge in [-0.05, 0) is 46.3 Å². The van der Waals surface area contributed by atoms with Gasteiger partial charge >= 0.3 is 0 Å². The second kappa shape index (κ2) is 6.49. The summed E-state index contributed by atoms with van der Waals surface area (Å²) in [7, 11) is 3.09. The van der Waals surface area contributed by atoms with Gasteiger partial charge in [-0.15, -0.1) is 0 Å². The van der Waals surface area contributed by atoms with Gasteiger partial charge in [0.25, 0.3) is 5.91 Å². The molecule has 0 atom stereocenters. The third-order valence-electron chi connectivity index (χ3n) is 2.90. The number of nitrogens with one attached hydrogen (secondary N) is 1. The van der Waals surface area contributed by atoms with Gasteiger partial charge in [0.1, 0.15) is 11.5 Å². The predicted molar refractivity (Wildman–Crippen MR) is 86.1 cm³/mol. The lowest BCUT2D eigenvalue weighted by atomic mass is 10.1. The van der Waals surface area contributed by atoms with E-state index in [2.05, 4.69) is 21.2 Å². The maximum absolute atomic E-state index is 12.2. The molecule has 6 heteroatoms. The highest BCUT2D eigenvalue weighted by Crippen LogP contribution is 2.28. The summed E-state index contributed by atoms with van der Waals surface area (Å²) in [5, 5.41) is 2.79. The highest BCUT2D eigenvalue weighted by Gasteiger charge is 2.10. The van der Waals surface area contributed by atoms with Crippen LogP contribution in [0.3, 0.4) is 0 Å². The molecular formula is C15H15BrN2O3. The van der Waals surface area contributed by atoms with Crippen LogP contribution >= 0.6 is 15.9 Å². The van der Waals surface area contributed by atoms with Crippen LogP contribution in [0.25, 0.3) is 0 Å². The predicted octanol–water partition coefficient (Wildman–Crippen LogP) is 3.30. The number of rotatable bonds is 4. The average Bonchev–Trinajstić information content (AvgIpc) is 2.49. The van der Waals surface area contributed by atoms with E-state index in [9.17, 15) is 4.79 Å². The summed E-state index contributed by atoms with van der Waals surface area (Å²) in [5.74, 6) is 0.924. The van der Waals surface area contributed by atoms with Crippen molar-refractivity contribution in [3.63, 3.8) is 0 Å². The van der Waals surface area contributed by atoms with Gasteiger partial charge in [0.2, 0.25) is 0 Å². The van der Waals surface area contributed by atoms with Gasteiger partial charge in [-0.2, -0.15) is 0 Å². The molecule has 0 spiro atoms. The van der Waals surface area contributed by atoms with Crippen LogP contribution in [-0.4, -0.2) is 20.1 Å². The summed E-state index contributed by atoms with van der Waals surface area (Å²) in [6, 6.07) is 10.2. The quantitative estimate of drug-likeness (QED) is 0.829. The first-order chi connectivity index (χ1) is 10.0. The maximum Gasteiger partial charge on any atom is 0.255 e. The minimum Gasteiger partial charge on any atom is -0.495 e. The third kappa shape index (κ3) is 3.46. The highest BCUT2D eigenvalue weighted by molar-refractivity contribution is 9.10. The maximum atomic E-state index is 12.2. The van der Waals surface area contributed by atoms with Gasteiger partial charge < -0.3 is 20.5 Å². The standard InChI is InChI=1S/C15H15BrN2O3/c1-20-13-6-3-9(7-12(13)17)15(19)18-10-4-5-11(16)14(8-10)21-2/h3-8H,17H2,1-2H3,(H,18,19). The van der Waals surface area contributed by atoms with E-state index in [0.29, 0.717) is 28.4 Å². The number of halogens is 1. The van der Waals surface area contributed by atoms with Crippen molar-refractivity contribution < 1.29 is 14.3 Å². The molecule has 0 aromatic heterocycles. The van der Waals surface area contributed by atoms with E-state index >= 15 is 0 Å². The fraction of sp³-hybridized carbons (Fsp3) is 0.133. The normalized spacial score (nSPS) is 10.0. The van der Waals surface area contributed by atoms with Gasteiger partial charge in [0, 0.05) is 17.3 Å². The third-order valence-corrected chi connectivity index (χ3v) is 3.56. The lowest BCUT2D eigenvalue weighted by molar-refractivity contribution is 0.102. The van der Waals surface area contributed by atoms with Gasteiger partial charge in [-0.3, -0.25) is 4.79 Å². The van der Waals surface area contributed by atoms with Crippen LogP contribution in [0.15, 0.2) is 40.9 Å². The largest absolute Gasteiger partial charge is 0.495 e. The van der Waals surface area contributed by atoms with E-state index in [0.717, 1.165) is 4.47 Å². The van der Waals surface area contributed by atoms with Crippen molar-refractivity contribution in [3.05, 3.63) is 46.4 Å². The molecule has 21 heavy (non-hydrogen) atoms. The smallest absolute Gasteiger partial charge is 0.255 e. The minimum atomic E-state index is -0.256. The fourth-order valence-electron chi connectivity index (χ4n) is 1.82. The Bertz CT molecular complexity index is 674. The molecule has 0 radical (unpaired) electrons. The number of hydrogen-bond acceptors (Lipinski definition) is 4. The monoisotopic (exact) mass is 350 g/mol. The number of carbonyl (C=O) groups excluding carboxylic acids is 1. The lowest BCUT2D eigenvalue weighted by Gasteiger charge is -2.10. The van der Waals surface area contributed by atoms with Crippen LogP contribution in [0.2, 0.25) is 0 Å². The van der Waals surface area contributed by atoms with Crippen LogP contribution in [0.4, 0.5) is 11.4 Å². The number of nitrogens with two attached hydrogens (primary N) is 1. The zero-order valence-corrected chi connectivity index (χ0v) is 13.2. The Balaban J connectivity index is 2.19. The Morgan fingerprint density at radius 1 is 1.10 bits per heavy atom. The van der Waals surface area contributed by atoms with Crippen LogP contribution in [0, 0.1) is 0 Å². The van der Waals surface area contributed by atoms with Crippen molar-refractivity contribution in [2.45, 2.75) is 0 Å². The summed E-state index contributed by atoms with van der Waals surface area (Å²) in [4.78, 5) is 12.2. The van der Waals surface area contributed by atoms with E-state index in [1.54, 1.807) is 43.5 Å². The number of methoxy groups -OCH3 is 2. The average molecular weight is 351 g/mol. The minimum absolute atomic E-state index is 0.256. The Morgan fingerprint density at radius 2 is 1.81 bits per heavy atom. The van der Waals surface area contributed by atoms with Crippen LogP contribution in [0.5, 0.6) is 11.5 Å². The summed E-state index contributed by atoms with van der Waals surface area (Å²) >= 11 is 3.36. The van der Waals surface area contributed by atoms with Gasteiger partial charge in [0.05, 0.1) is 24.4 Å². The summed E-state index contributed by atoms with van der Waals surface area (Å²) in [6.45, 7) is 0. The van der Waals surface area contributed by atoms with Crippen molar-refractivity contribution in [2.75, 3.05) is 25.3 Å². The molecule has 0 aliphatic heterocycles. The van der Waals surface area contributed by atoms with E-state index in [1.165, 1.54) is 7.11 Å². The fourth-order valence-corrected chi connectivity index (χ4v) is 2.22. The van der Waals surface area contributed by atoms with Crippen LogP contribution in [-0.2, 0) is 0 Å². The van der Waals surface area contributed by atoms with E-state index in [4.69, 9.17) is 15.2 Å². The van der Waals surface area contributed by atoms with Crippen LogP contribution < -0.4 is 20.5 Å². The molecule has 110 valence electrons. The Labute approximate surface area is 131 Å². The number of amides is 1. The number of carbonyl (C=O) groups is 1. The number of hydrogen-bond donors (Lipinski definition) is 2. The molecule has 3 N–H and O–H groups in total. The van der Waals surface area contributed by atoms with E-state index in [-0.39, 0.29) is 5.91 Å². The molecule has 0 aliphatic carbocycles. The second-order valence-corrected chi connectivity index (χ2v) is 5.11. The van der Waals surface area contributed by atoms with E-state index < -0.39 is 0 Å². The molecule has 0 unspecified atom stereocenters. The topological polar surface area (TPSA) is 73.6 Å². The van der Waals surface area contributed by atoms with Gasteiger partial charge in [-0.1, -0.05) is 0 Å². The summed E-state index contributed by atoms with van der Waals surface area (Å²) in [5.41, 5.74) is 7.30. The highest BCUT2D eigenvalue weighted by atomic mass is 79.9.